The molecule has 3 N–H and O–H groups in total. The number of ether oxygens (including phenoxy) is 1. The van der Waals surface area contributed by atoms with Crippen molar-refractivity contribution in [1.82, 2.24) is 15.3 Å². The van der Waals surface area contributed by atoms with E-state index in [9.17, 15) is 14.4 Å². The molecule has 0 aliphatic heterocycles. The zero-order valence-electron chi connectivity index (χ0n) is 13.9. The fourth-order valence-electron chi connectivity index (χ4n) is 1.86. The lowest BCUT2D eigenvalue weighted by atomic mass is 10.2. The number of aromatic nitrogens is 2. The summed E-state index contributed by atoms with van der Waals surface area (Å²) in [5, 5.41) is 5.17. The van der Waals surface area contributed by atoms with E-state index in [2.05, 4.69) is 36.5 Å². The quantitative estimate of drug-likeness (QED) is 0.332. The Morgan fingerprint density at radius 2 is 2.04 bits per heavy atom. The first kappa shape index (κ1) is 20.1. The van der Waals surface area contributed by atoms with E-state index in [-0.39, 0.29) is 22.3 Å². The minimum atomic E-state index is -0.413. The van der Waals surface area contributed by atoms with Gasteiger partial charge in [0.25, 0.3) is 5.56 Å². The summed E-state index contributed by atoms with van der Waals surface area (Å²) in [6.45, 7) is 4.32. The highest BCUT2D eigenvalue weighted by molar-refractivity contribution is 9.10. The molecule has 1 aromatic heterocycles. The van der Waals surface area contributed by atoms with Crippen molar-refractivity contribution < 1.29 is 14.3 Å². The van der Waals surface area contributed by atoms with Crippen molar-refractivity contribution in [3.63, 3.8) is 0 Å². The second kappa shape index (κ2) is 10.8. The summed E-state index contributed by atoms with van der Waals surface area (Å²) in [6, 6.07) is 0.933. The zero-order chi connectivity index (χ0) is 17.9. The first-order valence-electron chi connectivity index (χ1n) is 7.82. The average molecular weight is 403 g/mol. The molecule has 0 bridgehead atoms. The van der Waals surface area contributed by atoms with Crippen LogP contribution in [0.15, 0.2) is 10.9 Å². The number of hydrogen-bond acceptors (Lipinski definition) is 5. The number of carbonyl (C=O) groups is 2. The maximum atomic E-state index is 11.7. The molecule has 0 aliphatic rings. The normalized spacial score (nSPS) is 11.6. The van der Waals surface area contributed by atoms with Crippen molar-refractivity contribution in [1.29, 1.82) is 0 Å². The molecule has 0 saturated carbocycles. The van der Waals surface area contributed by atoms with Gasteiger partial charge in [0.15, 0.2) is 0 Å². The van der Waals surface area contributed by atoms with Crippen molar-refractivity contribution in [2.75, 3.05) is 18.5 Å². The molecule has 8 nitrogen and oxygen atoms in total. The largest absolute Gasteiger partial charge is 0.465 e. The molecule has 1 heterocycles. The Labute approximate surface area is 148 Å². The molecule has 9 heteroatoms. The lowest BCUT2D eigenvalue weighted by Gasteiger charge is -2.08. The number of aromatic amines is 1. The number of esters is 1. The smallest absolute Gasteiger partial charge is 0.321 e. The number of halogens is 1. The Bertz CT molecular complexity index is 603. The average Bonchev–Trinajstić information content (AvgIpc) is 2.48. The number of nitrogens with one attached hydrogen (secondary N) is 3. The van der Waals surface area contributed by atoms with Crippen LogP contribution in [-0.4, -0.2) is 39.9 Å². The van der Waals surface area contributed by atoms with Gasteiger partial charge in [-0.05, 0) is 33.1 Å². The van der Waals surface area contributed by atoms with Gasteiger partial charge in [0.05, 0.1) is 6.61 Å². The summed E-state index contributed by atoms with van der Waals surface area (Å²) in [7, 11) is 0. The maximum Gasteiger partial charge on any atom is 0.321 e. The van der Waals surface area contributed by atoms with E-state index in [1.54, 1.807) is 13.8 Å². The Kier molecular flexibility index (Phi) is 9.06. The molecule has 0 radical (unpaired) electrons. The maximum absolute atomic E-state index is 11.7. The van der Waals surface area contributed by atoms with Gasteiger partial charge in [0, 0.05) is 18.3 Å². The van der Waals surface area contributed by atoms with Gasteiger partial charge in [-0.15, -0.1) is 0 Å². The third kappa shape index (κ3) is 8.66. The number of urea groups is 1. The second-order valence-electron chi connectivity index (χ2n) is 5.31. The molecule has 0 spiro atoms. The molecule has 134 valence electrons. The van der Waals surface area contributed by atoms with E-state index in [0.717, 1.165) is 25.7 Å². The zero-order valence-corrected chi connectivity index (χ0v) is 15.4. The summed E-state index contributed by atoms with van der Waals surface area (Å²) >= 11 is 3.14. The lowest BCUT2D eigenvalue weighted by molar-refractivity contribution is -0.142. The highest BCUT2D eigenvalue weighted by Gasteiger charge is 2.09. The monoisotopic (exact) mass is 402 g/mol. The number of nitrogens with zero attached hydrogens (tertiary/aromatic N) is 1. The molecule has 2 amide bonds. The van der Waals surface area contributed by atoms with Gasteiger partial charge >= 0.3 is 12.0 Å². The highest BCUT2D eigenvalue weighted by atomic mass is 79.9. The highest BCUT2D eigenvalue weighted by Crippen LogP contribution is 2.03. The predicted octanol–water partition coefficient (Wildman–Crippen LogP) is 2.09. The molecule has 0 fully saturated rings. The van der Waals surface area contributed by atoms with Crippen LogP contribution in [0.4, 0.5) is 10.7 Å². The lowest BCUT2D eigenvalue weighted by Crippen LogP contribution is -2.31. The van der Waals surface area contributed by atoms with E-state index in [1.165, 1.54) is 6.07 Å². The third-order valence-electron chi connectivity index (χ3n) is 3.03. The van der Waals surface area contributed by atoms with Crippen molar-refractivity contribution in [2.24, 2.45) is 0 Å². The van der Waals surface area contributed by atoms with Crippen LogP contribution < -0.4 is 16.2 Å². The van der Waals surface area contributed by atoms with Gasteiger partial charge in [-0.3, -0.25) is 19.9 Å². The van der Waals surface area contributed by atoms with Crippen molar-refractivity contribution >= 4 is 33.9 Å². The van der Waals surface area contributed by atoms with Crippen molar-refractivity contribution in [3.05, 3.63) is 22.1 Å². The van der Waals surface area contributed by atoms with Crippen LogP contribution in [0.2, 0.25) is 0 Å². The topological polar surface area (TPSA) is 113 Å². The van der Waals surface area contributed by atoms with Crippen LogP contribution in [0.25, 0.3) is 0 Å². The number of H-pyrrole nitrogens is 1. The number of carbonyl (C=O) groups excluding carboxylic acids is 2. The van der Waals surface area contributed by atoms with Crippen LogP contribution in [0.1, 0.15) is 38.3 Å². The molecule has 1 atom stereocenters. The molecular weight excluding hydrogens is 380 g/mol. The Morgan fingerprint density at radius 3 is 2.71 bits per heavy atom. The van der Waals surface area contributed by atoms with E-state index in [4.69, 9.17) is 4.74 Å². The molecule has 1 aromatic rings. The van der Waals surface area contributed by atoms with Gasteiger partial charge in [0.1, 0.15) is 4.83 Å². The van der Waals surface area contributed by atoms with E-state index < -0.39 is 6.03 Å². The van der Waals surface area contributed by atoms with Crippen molar-refractivity contribution in [2.45, 2.75) is 44.4 Å². The molecule has 24 heavy (non-hydrogen) atoms. The number of aryl methyl sites for hydroxylation is 1. The molecule has 0 aliphatic carbocycles. The third-order valence-corrected chi connectivity index (χ3v) is 3.40. The van der Waals surface area contributed by atoms with Crippen LogP contribution in [-0.2, 0) is 9.53 Å². The minimum absolute atomic E-state index is 0.125. The molecule has 0 aromatic carbocycles. The number of alkyl halides is 1. The summed E-state index contributed by atoms with van der Waals surface area (Å²) in [5.41, 5.74) is 0.219. The summed E-state index contributed by atoms with van der Waals surface area (Å²) in [4.78, 5) is 40.3. The minimum Gasteiger partial charge on any atom is -0.465 e. The van der Waals surface area contributed by atoms with E-state index in [1.807, 2.05) is 0 Å². The number of rotatable bonds is 9. The Morgan fingerprint density at radius 1 is 1.33 bits per heavy atom. The van der Waals surface area contributed by atoms with Crippen LogP contribution >= 0.6 is 15.9 Å². The fraction of sp³-hybridized carbons (Fsp3) is 0.600. The van der Waals surface area contributed by atoms with E-state index >= 15 is 0 Å². The SMILES string of the molecule is Cc1cc(=O)[nH]c(NC(=O)NCCCCCCOC(=O)C(C)Br)n1. The van der Waals surface area contributed by atoms with E-state index in [0.29, 0.717) is 18.8 Å². The standard InChI is InChI=1S/C15H23BrN4O4/c1-10-9-12(21)19-14(18-10)20-15(23)17-7-5-3-4-6-8-24-13(22)11(2)16/h9,11H,3-8H2,1-2H3,(H3,17,18,19,20,21,23). The van der Waals surface area contributed by atoms with Gasteiger partial charge in [-0.1, -0.05) is 22.4 Å². The summed E-state index contributed by atoms with van der Waals surface area (Å²) in [5.74, 6) is -0.128. The van der Waals surface area contributed by atoms with Gasteiger partial charge in [-0.25, -0.2) is 9.78 Å². The number of unbranched alkanes of at least 4 members (excludes halogenated alkanes) is 3. The second-order valence-corrected chi connectivity index (χ2v) is 6.69. The van der Waals surface area contributed by atoms with Gasteiger partial charge in [-0.2, -0.15) is 0 Å². The Balaban J connectivity index is 2.07. The molecular formula is C15H23BrN4O4. The van der Waals surface area contributed by atoms with Crippen LogP contribution in [0, 0.1) is 6.92 Å². The van der Waals surface area contributed by atoms with Crippen LogP contribution in [0.5, 0.6) is 0 Å². The molecule has 1 rings (SSSR count). The number of amides is 2. The van der Waals surface area contributed by atoms with Gasteiger partial charge in [0.2, 0.25) is 5.95 Å². The fourth-order valence-corrected chi connectivity index (χ4v) is 1.99. The summed E-state index contributed by atoms with van der Waals surface area (Å²) < 4.78 is 5.03. The molecule has 1 unspecified atom stereocenters. The number of hydrogen-bond donors (Lipinski definition) is 3. The first-order valence-corrected chi connectivity index (χ1v) is 8.73. The van der Waals surface area contributed by atoms with Crippen molar-refractivity contribution in [3.8, 4) is 0 Å². The van der Waals surface area contributed by atoms with Gasteiger partial charge < -0.3 is 10.1 Å². The predicted molar refractivity (Wildman–Crippen MR) is 94.4 cm³/mol. The molecule has 0 saturated heterocycles. The van der Waals surface area contributed by atoms with Crippen LogP contribution in [0.3, 0.4) is 0 Å². The Hall–Kier alpha value is -1.90. The number of anilines is 1. The first-order chi connectivity index (χ1) is 11.4. The summed E-state index contributed by atoms with van der Waals surface area (Å²) in [6.07, 6.45) is 3.45.